The number of amides is 2. The smallest absolute Gasteiger partial charge is 0.338 e. The SMILES string of the molecule is CC(=O)Nc1cccc(C(=O)OCC(=O)NCCC(C)C)c1. The predicted octanol–water partition coefficient (Wildman–Crippen LogP) is 1.96. The largest absolute Gasteiger partial charge is 0.452 e. The second-order valence-corrected chi connectivity index (χ2v) is 5.37. The minimum Gasteiger partial charge on any atom is -0.452 e. The highest BCUT2D eigenvalue weighted by Gasteiger charge is 2.11. The molecule has 0 bridgehead atoms. The number of ether oxygens (including phenoxy) is 1. The number of anilines is 1. The van der Waals surface area contributed by atoms with Crippen molar-refractivity contribution in [3.05, 3.63) is 29.8 Å². The van der Waals surface area contributed by atoms with Gasteiger partial charge in [0, 0.05) is 19.2 Å². The Labute approximate surface area is 130 Å². The molecule has 0 saturated heterocycles. The third kappa shape index (κ3) is 6.88. The Morgan fingerprint density at radius 2 is 1.95 bits per heavy atom. The fraction of sp³-hybridized carbons (Fsp3) is 0.438. The van der Waals surface area contributed by atoms with Crippen molar-refractivity contribution in [1.29, 1.82) is 0 Å². The maximum atomic E-state index is 11.9. The first kappa shape index (κ1) is 17.7. The molecule has 1 aromatic carbocycles. The second kappa shape index (κ2) is 8.81. The molecule has 0 radical (unpaired) electrons. The summed E-state index contributed by atoms with van der Waals surface area (Å²) in [5, 5.41) is 5.26. The molecule has 1 aromatic rings. The van der Waals surface area contributed by atoms with Crippen molar-refractivity contribution in [2.24, 2.45) is 5.92 Å². The van der Waals surface area contributed by atoms with Crippen LogP contribution < -0.4 is 10.6 Å². The lowest BCUT2D eigenvalue weighted by molar-refractivity contribution is -0.124. The average Bonchev–Trinajstić information content (AvgIpc) is 2.44. The van der Waals surface area contributed by atoms with Gasteiger partial charge in [-0.05, 0) is 30.5 Å². The average molecular weight is 306 g/mol. The third-order valence-electron chi connectivity index (χ3n) is 2.80. The highest BCUT2D eigenvalue weighted by atomic mass is 16.5. The second-order valence-electron chi connectivity index (χ2n) is 5.37. The number of hydrogen-bond donors (Lipinski definition) is 2. The first-order valence-electron chi connectivity index (χ1n) is 7.20. The molecule has 0 saturated carbocycles. The molecular weight excluding hydrogens is 284 g/mol. The summed E-state index contributed by atoms with van der Waals surface area (Å²) < 4.78 is 4.94. The van der Waals surface area contributed by atoms with Gasteiger partial charge in [-0.1, -0.05) is 19.9 Å². The van der Waals surface area contributed by atoms with Crippen molar-refractivity contribution in [2.45, 2.75) is 27.2 Å². The summed E-state index contributed by atoms with van der Waals surface area (Å²) in [6.45, 7) is 5.75. The van der Waals surface area contributed by atoms with Crippen LogP contribution in [0.4, 0.5) is 5.69 Å². The maximum Gasteiger partial charge on any atom is 0.338 e. The van der Waals surface area contributed by atoms with Crippen molar-refractivity contribution in [1.82, 2.24) is 5.32 Å². The molecule has 0 unspecified atom stereocenters. The van der Waals surface area contributed by atoms with E-state index in [1.807, 2.05) is 0 Å². The van der Waals surface area contributed by atoms with E-state index >= 15 is 0 Å². The number of benzene rings is 1. The first-order valence-corrected chi connectivity index (χ1v) is 7.20. The first-order chi connectivity index (χ1) is 10.4. The van der Waals surface area contributed by atoms with Gasteiger partial charge in [-0.25, -0.2) is 4.79 Å². The molecule has 0 spiro atoms. The number of carbonyl (C=O) groups is 3. The van der Waals surface area contributed by atoms with E-state index in [0.29, 0.717) is 18.2 Å². The van der Waals surface area contributed by atoms with Gasteiger partial charge in [-0.15, -0.1) is 0 Å². The summed E-state index contributed by atoms with van der Waals surface area (Å²) in [6, 6.07) is 6.35. The fourth-order valence-corrected chi connectivity index (χ4v) is 1.69. The van der Waals surface area contributed by atoms with Gasteiger partial charge in [0.1, 0.15) is 0 Å². The molecule has 0 atom stereocenters. The monoisotopic (exact) mass is 306 g/mol. The number of hydrogen-bond acceptors (Lipinski definition) is 4. The van der Waals surface area contributed by atoms with E-state index < -0.39 is 5.97 Å². The van der Waals surface area contributed by atoms with Crippen molar-refractivity contribution in [3.8, 4) is 0 Å². The van der Waals surface area contributed by atoms with Gasteiger partial charge in [0.05, 0.1) is 5.56 Å². The van der Waals surface area contributed by atoms with E-state index in [0.717, 1.165) is 6.42 Å². The van der Waals surface area contributed by atoms with E-state index in [4.69, 9.17) is 4.74 Å². The lowest BCUT2D eigenvalue weighted by Crippen LogP contribution is -2.30. The van der Waals surface area contributed by atoms with Crippen LogP contribution in [0.1, 0.15) is 37.6 Å². The van der Waals surface area contributed by atoms with Crippen LogP contribution in [0.2, 0.25) is 0 Å². The van der Waals surface area contributed by atoms with Crippen LogP contribution in [0, 0.1) is 5.92 Å². The Bertz CT molecular complexity index is 541. The topological polar surface area (TPSA) is 84.5 Å². The Balaban J connectivity index is 2.45. The van der Waals surface area contributed by atoms with Crippen molar-refractivity contribution in [2.75, 3.05) is 18.5 Å². The van der Waals surface area contributed by atoms with Gasteiger partial charge in [-0.2, -0.15) is 0 Å². The molecule has 6 heteroatoms. The lowest BCUT2D eigenvalue weighted by Gasteiger charge is -2.08. The van der Waals surface area contributed by atoms with Gasteiger partial charge >= 0.3 is 5.97 Å². The Morgan fingerprint density at radius 1 is 1.23 bits per heavy atom. The molecule has 0 aliphatic heterocycles. The van der Waals surface area contributed by atoms with E-state index in [1.165, 1.54) is 13.0 Å². The molecule has 0 heterocycles. The molecule has 0 aliphatic carbocycles. The zero-order valence-electron chi connectivity index (χ0n) is 13.1. The summed E-state index contributed by atoms with van der Waals surface area (Å²) >= 11 is 0. The highest BCUT2D eigenvalue weighted by Crippen LogP contribution is 2.11. The maximum absolute atomic E-state index is 11.9. The fourth-order valence-electron chi connectivity index (χ4n) is 1.69. The van der Waals surface area contributed by atoms with Crippen LogP contribution in [-0.2, 0) is 14.3 Å². The molecule has 2 amide bonds. The minimum absolute atomic E-state index is 0.227. The highest BCUT2D eigenvalue weighted by molar-refractivity contribution is 5.94. The Morgan fingerprint density at radius 3 is 2.59 bits per heavy atom. The van der Waals surface area contributed by atoms with Gasteiger partial charge < -0.3 is 15.4 Å². The van der Waals surface area contributed by atoms with Crippen LogP contribution in [0.15, 0.2) is 24.3 Å². The quantitative estimate of drug-likeness (QED) is 0.754. The zero-order valence-corrected chi connectivity index (χ0v) is 13.1. The molecule has 22 heavy (non-hydrogen) atoms. The predicted molar refractivity (Wildman–Crippen MR) is 83.5 cm³/mol. The van der Waals surface area contributed by atoms with Gasteiger partial charge in [0.25, 0.3) is 5.91 Å². The molecule has 1 rings (SSSR count). The van der Waals surface area contributed by atoms with Crippen molar-refractivity contribution < 1.29 is 19.1 Å². The summed E-state index contributed by atoms with van der Waals surface area (Å²) in [7, 11) is 0. The summed E-state index contributed by atoms with van der Waals surface area (Å²) in [6.07, 6.45) is 0.873. The van der Waals surface area contributed by atoms with Crippen LogP contribution in [0.25, 0.3) is 0 Å². The minimum atomic E-state index is -0.605. The van der Waals surface area contributed by atoms with E-state index in [1.54, 1.807) is 18.2 Å². The molecule has 0 fully saturated rings. The molecule has 120 valence electrons. The normalized spacial score (nSPS) is 10.2. The number of nitrogens with one attached hydrogen (secondary N) is 2. The number of carbonyl (C=O) groups excluding carboxylic acids is 3. The third-order valence-corrected chi connectivity index (χ3v) is 2.80. The molecule has 0 aromatic heterocycles. The summed E-state index contributed by atoms with van der Waals surface area (Å²) in [4.78, 5) is 34.4. The Hall–Kier alpha value is -2.37. The van der Waals surface area contributed by atoms with E-state index in [-0.39, 0.29) is 24.0 Å². The summed E-state index contributed by atoms with van der Waals surface area (Å²) in [5.41, 5.74) is 0.782. The van der Waals surface area contributed by atoms with Crippen LogP contribution in [0.5, 0.6) is 0 Å². The van der Waals surface area contributed by atoms with Crippen LogP contribution >= 0.6 is 0 Å². The van der Waals surface area contributed by atoms with Crippen molar-refractivity contribution >= 4 is 23.5 Å². The lowest BCUT2D eigenvalue weighted by atomic mass is 10.1. The molecular formula is C16H22N2O4. The van der Waals surface area contributed by atoms with Gasteiger partial charge in [-0.3, -0.25) is 9.59 Å². The molecule has 2 N–H and O–H groups in total. The van der Waals surface area contributed by atoms with Crippen molar-refractivity contribution in [3.63, 3.8) is 0 Å². The Kier molecular flexibility index (Phi) is 7.08. The summed E-state index contributed by atoms with van der Waals surface area (Å²) in [5.74, 6) is -0.660. The van der Waals surface area contributed by atoms with E-state index in [9.17, 15) is 14.4 Å². The number of rotatable bonds is 7. The van der Waals surface area contributed by atoms with E-state index in [2.05, 4.69) is 24.5 Å². The standard InChI is InChI=1S/C16H22N2O4/c1-11(2)7-8-17-15(20)10-22-16(21)13-5-4-6-14(9-13)18-12(3)19/h4-6,9,11H,7-8,10H2,1-3H3,(H,17,20)(H,18,19). The number of esters is 1. The molecule has 6 nitrogen and oxygen atoms in total. The zero-order chi connectivity index (χ0) is 16.5. The van der Waals surface area contributed by atoms with Crippen LogP contribution in [-0.4, -0.2) is 30.9 Å². The van der Waals surface area contributed by atoms with Gasteiger partial charge in [0.2, 0.25) is 5.91 Å². The molecule has 0 aliphatic rings. The van der Waals surface area contributed by atoms with Crippen LogP contribution in [0.3, 0.4) is 0 Å². The van der Waals surface area contributed by atoms with Gasteiger partial charge in [0.15, 0.2) is 6.61 Å².